The van der Waals surface area contributed by atoms with E-state index in [1.165, 1.54) is 13.2 Å². The van der Waals surface area contributed by atoms with Crippen LogP contribution in [0.25, 0.3) is 0 Å². The summed E-state index contributed by atoms with van der Waals surface area (Å²) in [7, 11) is 1.20. The third-order valence-electron chi connectivity index (χ3n) is 1.42. The van der Waals surface area contributed by atoms with Gasteiger partial charge in [-0.25, -0.2) is 9.18 Å². The zero-order valence-electron chi connectivity index (χ0n) is 6.61. The average molecular weight is 314 g/mol. The van der Waals surface area contributed by atoms with Crippen molar-refractivity contribution in [1.82, 2.24) is 0 Å². The van der Waals surface area contributed by atoms with Gasteiger partial charge in [0.1, 0.15) is 5.82 Å². The van der Waals surface area contributed by atoms with Gasteiger partial charge in [-0.2, -0.15) is 0 Å². The quantitative estimate of drug-likeness (QED) is 0.453. The van der Waals surface area contributed by atoms with Crippen molar-refractivity contribution >= 4 is 40.2 Å². The Hall–Kier alpha value is -0.360. The second kappa shape index (κ2) is 4.23. The molecule has 0 saturated heterocycles. The van der Waals surface area contributed by atoms with Crippen molar-refractivity contribution in [2.75, 3.05) is 7.11 Å². The predicted octanol–water partition coefficient (Wildman–Crippen LogP) is 2.87. The van der Waals surface area contributed by atoms with Crippen LogP contribution in [0.15, 0.2) is 12.1 Å². The van der Waals surface area contributed by atoms with Crippen LogP contribution in [0.3, 0.4) is 0 Å². The van der Waals surface area contributed by atoms with E-state index >= 15 is 0 Å². The minimum atomic E-state index is -0.702. The van der Waals surface area contributed by atoms with Crippen molar-refractivity contribution in [3.05, 3.63) is 32.1 Å². The lowest BCUT2D eigenvalue weighted by Crippen LogP contribution is -2.04. The first-order chi connectivity index (χ1) is 6.06. The Labute approximate surface area is 93.2 Å². The summed E-state index contributed by atoms with van der Waals surface area (Å²) in [5.74, 6) is -1.37. The second-order valence-electron chi connectivity index (χ2n) is 2.24. The van der Waals surface area contributed by atoms with Crippen LogP contribution in [0.2, 0.25) is 5.02 Å². The van der Waals surface area contributed by atoms with Crippen LogP contribution in [0.5, 0.6) is 0 Å². The zero-order chi connectivity index (χ0) is 10.0. The molecule has 0 aromatic heterocycles. The van der Waals surface area contributed by atoms with E-state index in [4.69, 9.17) is 11.6 Å². The molecule has 0 radical (unpaired) electrons. The van der Waals surface area contributed by atoms with Crippen molar-refractivity contribution in [3.63, 3.8) is 0 Å². The Kier molecular flexibility index (Phi) is 3.49. The van der Waals surface area contributed by atoms with Crippen LogP contribution >= 0.6 is 34.2 Å². The third-order valence-corrected chi connectivity index (χ3v) is 2.94. The molecular weight excluding hydrogens is 309 g/mol. The molecule has 5 heteroatoms. The standard InChI is InChI=1S/C8H5ClFIO2/c1-13-8(12)4-2-7(11)5(9)3-6(4)10/h2-3H,1H3. The van der Waals surface area contributed by atoms with Gasteiger partial charge in [0, 0.05) is 3.57 Å². The van der Waals surface area contributed by atoms with E-state index in [1.807, 2.05) is 22.6 Å². The summed E-state index contributed by atoms with van der Waals surface area (Å²) in [5, 5.41) is 0.283. The lowest BCUT2D eigenvalue weighted by atomic mass is 10.2. The van der Waals surface area contributed by atoms with Crippen LogP contribution in [0.4, 0.5) is 4.39 Å². The Morgan fingerprint density at radius 2 is 2.23 bits per heavy atom. The predicted molar refractivity (Wildman–Crippen MR) is 55.5 cm³/mol. The minimum Gasteiger partial charge on any atom is -0.465 e. The maximum absolute atomic E-state index is 13.1. The molecule has 2 nitrogen and oxygen atoms in total. The largest absolute Gasteiger partial charge is 0.465 e. The molecule has 0 aliphatic rings. The van der Waals surface area contributed by atoms with Gasteiger partial charge in [0.25, 0.3) is 0 Å². The molecule has 1 aromatic carbocycles. The van der Waals surface area contributed by atoms with Gasteiger partial charge in [-0.05, 0) is 34.7 Å². The highest BCUT2D eigenvalue weighted by Crippen LogP contribution is 2.22. The summed E-state index contributed by atoms with van der Waals surface area (Å²) < 4.78 is 18.1. The van der Waals surface area contributed by atoms with Gasteiger partial charge in [-0.1, -0.05) is 11.6 Å². The van der Waals surface area contributed by atoms with E-state index in [2.05, 4.69) is 4.74 Å². The van der Waals surface area contributed by atoms with Crippen LogP contribution < -0.4 is 0 Å². The highest BCUT2D eigenvalue weighted by Gasteiger charge is 2.14. The third kappa shape index (κ3) is 2.31. The smallest absolute Gasteiger partial charge is 0.340 e. The van der Waals surface area contributed by atoms with Crippen LogP contribution in [0, 0.1) is 9.39 Å². The van der Waals surface area contributed by atoms with Crippen LogP contribution in [-0.2, 0) is 4.74 Å². The maximum atomic E-state index is 13.1. The first-order valence-corrected chi connectivity index (χ1v) is 4.74. The summed E-state index contributed by atoms with van der Waals surface area (Å²) in [4.78, 5) is 11.0. The van der Waals surface area contributed by atoms with Crippen LogP contribution in [0.1, 0.15) is 10.4 Å². The number of carbonyl (C=O) groups excluding carboxylic acids is 1. The molecule has 0 heterocycles. The topological polar surface area (TPSA) is 26.3 Å². The monoisotopic (exact) mass is 314 g/mol. The van der Waals surface area contributed by atoms with Gasteiger partial charge in [0.2, 0.25) is 0 Å². The zero-order valence-corrected chi connectivity index (χ0v) is 9.52. The molecule has 0 amide bonds. The number of hydrogen-bond acceptors (Lipinski definition) is 2. The molecule has 0 aliphatic carbocycles. The minimum absolute atomic E-state index is 0.101. The van der Waals surface area contributed by atoms with E-state index in [9.17, 15) is 9.18 Å². The SMILES string of the molecule is COC(=O)c1cc(I)c(Cl)cc1F. The number of methoxy groups -OCH3 is 1. The Bertz CT molecular complexity index is 354. The van der Waals surface area contributed by atoms with E-state index in [0.717, 1.165) is 6.07 Å². The number of carbonyl (C=O) groups is 1. The molecule has 70 valence electrons. The van der Waals surface area contributed by atoms with Crippen LogP contribution in [-0.4, -0.2) is 13.1 Å². The fraction of sp³-hybridized carbons (Fsp3) is 0.125. The molecule has 0 bridgehead atoms. The van der Waals surface area contributed by atoms with E-state index in [0.29, 0.717) is 3.57 Å². The number of ether oxygens (including phenoxy) is 1. The molecule has 0 aliphatic heterocycles. The number of halogens is 3. The average Bonchev–Trinajstić information content (AvgIpc) is 2.10. The van der Waals surface area contributed by atoms with Crippen molar-refractivity contribution in [3.8, 4) is 0 Å². The summed E-state index contributed by atoms with van der Waals surface area (Å²) in [6.07, 6.45) is 0. The van der Waals surface area contributed by atoms with Gasteiger partial charge in [0.15, 0.2) is 0 Å². The van der Waals surface area contributed by atoms with Gasteiger partial charge in [-0.15, -0.1) is 0 Å². The Morgan fingerprint density at radius 1 is 1.62 bits per heavy atom. The molecule has 0 saturated carbocycles. The Balaban J connectivity index is 3.23. The maximum Gasteiger partial charge on any atom is 0.340 e. The molecule has 0 unspecified atom stereocenters. The molecule has 0 spiro atoms. The highest BCUT2D eigenvalue weighted by molar-refractivity contribution is 14.1. The summed E-state index contributed by atoms with van der Waals surface area (Å²) in [5.41, 5.74) is -0.101. The molecule has 13 heavy (non-hydrogen) atoms. The molecule has 0 fully saturated rings. The summed E-state index contributed by atoms with van der Waals surface area (Å²) in [6.45, 7) is 0. The highest BCUT2D eigenvalue weighted by atomic mass is 127. The van der Waals surface area contributed by atoms with E-state index < -0.39 is 11.8 Å². The number of hydrogen-bond donors (Lipinski definition) is 0. The van der Waals surface area contributed by atoms with Gasteiger partial charge in [-0.3, -0.25) is 0 Å². The van der Waals surface area contributed by atoms with Gasteiger partial charge >= 0.3 is 5.97 Å². The molecule has 0 N–H and O–H groups in total. The lowest BCUT2D eigenvalue weighted by Gasteiger charge is -2.02. The molecule has 1 aromatic rings. The van der Waals surface area contributed by atoms with Crippen molar-refractivity contribution in [2.45, 2.75) is 0 Å². The molecule has 0 atom stereocenters. The number of benzene rings is 1. The number of rotatable bonds is 1. The van der Waals surface area contributed by atoms with Crippen molar-refractivity contribution in [2.24, 2.45) is 0 Å². The summed E-state index contributed by atoms with van der Waals surface area (Å²) in [6, 6.07) is 2.44. The van der Waals surface area contributed by atoms with E-state index in [1.54, 1.807) is 0 Å². The first kappa shape index (κ1) is 10.7. The fourth-order valence-corrected chi connectivity index (χ4v) is 1.41. The first-order valence-electron chi connectivity index (χ1n) is 3.29. The fourth-order valence-electron chi connectivity index (χ4n) is 0.789. The van der Waals surface area contributed by atoms with Gasteiger partial charge < -0.3 is 4.74 Å². The Morgan fingerprint density at radius 3 is 2.77 bits per heavy atom. The molecule has 1 rings (SSSR count). The van der Waals surface area contributed by atoms with Crippen molar-refractivity contribution < 1.29 is 13.9 Å². The number of esters is 1. The normalized spacial score (nSPS) is 9.85. The van der Waals surface area contributed by atoms with Gasteiger partial charge in [0.05, 0.1) is 17.7 Å². The second-order valence-corrected chi connectivity index (χ2v) is 3.81. The lowest BCUT2D eigenvalue weighted by molar-refractivity contribution is 0.0595. The van der Waals surface area contributed by atoms with Crippen molar-refractivity contribution in [1.29, 1.82) is 0 Å². The van der Waals surface area contributed by atoms with E-state index in [-0.39, 0.29) is 10.6 Å². The summed E-state index contributed by atoms with van der Waals surface area (Å²) >= 11 is 7.54. The molecular formula is C8H5ClFIO2.